The molecule has 2 N–H and O–H groups in total. The van der Waals surface area contributed by atoms with Gasteiger partial charge in [0.15, 0.2) is 0 Å². The Morgan fingerprint density at radius 1 is 1.31 bits per heavy atom. The maximum atomic E-state index is 5.60. The van der Waals surface area contributed by atoms with Crippen LogP contribution in [0.4, 0.5) is 5.69 Å². The Hall–Kier alpha value is -1.51. The van der Waals surface area contributed by atoms with Crippen molar-refractivity contribution in [3.05, 3.63) is 24.4 Å². The molecule has 3 heteroatoms. The molecule has 70 valence electrons. The zero-order valence-corrected chi connectivity index (χ0v) is 8.28. The second-order valence-corrected chi connectivity index (χ2v) is 2.62. The van der Waals surface area contributed by atoms with E-state index in [1.807, 2.05) is 45.3 Å². The molecule has 2 aromatic rings. The van der Waals surface area contributed by atoms with Crippen LogP contribution in [0.5, 0.6) is 0 Å². The van der Waals surface area contributed by atoms with Crippen LogP contribution in [0.2, 0.25) is 0 Å². The number of benzene rings is 1. The first-order chi connectivity index (χ1) is 6.25. The van der Waals surface area contributed by atoms with E-state index in [0.29, 0.717) is 0 Å². The molecule has 0 unspecified atom stereocenters. The van der Waals surface area contributed by atoms with Gasteiger partial charge in [-0.1, -0.05) is 13.8 Å². The van der Waals surface area contributed by atoms with Crippen LogP contribution in [0.25, 0.3) is 10.9 Å². The SMILES string of the molecule is CC.Cn1cc2cc(N)ccc2n1. The molecule has 2 rings (SSSR count). The molecule has 0 aliphatic rings. The summed E-state index contributed by atoms with van der Waals surface area (Å²) < 4.78 is 1.78. The highest BCUT2D eigenvalue weighted by molar-refractivity contribution is 5.81. The second kappa shape index (κ2) is 3.94. The van der Waals surface area contributed by atoms with Gasteiger partial charge >= 0.3 is 0 Å². The third kappa shape index (κ3) is 1.99. The van der Waals surface area contributed by atoms with Gasteiger partial charge in [-0.05, 0) is 18.2 Å². The van der Waals surface area contributed by atoms with Crippen molar-refractivity contribution in [1.29, 1.82) is 0 Å². The summed E-state index contributed by atoms with van der Waals surface area (Å²) in [6.45, 7) is 4.00. The van der Waals surface area contributed by atoms with Crippen molar-refractivity contribution in [1.82, 2.24) is 9.78 Å². The second-order valence-electron chi connectivity index (χ2n) is 2.62. The summed E-state index contributed by atoms with van der Waals surface area (Å²) in [6, 6.07) is 5.70. The summed E-state index contributed by atoms with van der Waals surface area (Å²) in [4.78, 5) is 0. The normalized spacial score (nSPS) is 9.46. The molecule has 0 amide bonds. The van der Waals surface area contributed by atoms with Crippen molar-refractivity contribution in [3.63, 3.8) is 0 Å². The van der Waals surface area contributed by atoms with E-state index in [2.05, 4.69) is 5.10 Å². The van der Waals surface area contributed by atoms with Gasteiger partial charge in [-0.15, -0.1) is 0 Å². The van der Waals surface area contributed by atoms with E-state index < -0.39 is 0 Å². The van der Waals surface area contributed by atoms with Crippen molar-refractivity contribution >= 4 is 16.6 Å². The van der Waals surface area contributed by atoms with E-state index in [4.69, 9.17) is 5.73 Å². The van der Waals surface area contributed by atoms with Crippen LogP contribution >= 0.6 is 0 Å². The van der Waals surface area contributed by atoms with Gasteiger partial charge in [-0.25, -0.2) is 0 Å². The van der Waals surface area contributed by atoms with Crippen molar-refractivity contribution in [3.8, 4) is 0 Å². The molecular weight excluding hydrogens is 162 g/mol. The lowest BCUT2D eigenvalue weighted by Crippen LogP contribution is -1.84. The Bertz CT molecular complexity index is 390. The zero-order valence-electron chi connectivity index (χ0n) is 8.28. The van der Waals surface area contributed by atoms with Crippen LogP contribution in [0.3, 0.4) is 0 Å². The largest absolute Gasteiger partial charge is 0.399 e. The number of aryl methyl sites for hydroxylation is 1. The summed E-state index contributed by atoms with van der Waals surface area (Å²) in [5.74, 6) is 0. The number of aromatic nitrogens is 2. The smallest absolute Gasteiger partial charge is 0.0924 e. The summed E-state index contributed by atoms with van der Waals surface area (Å²) in [7, 11) is 1.90. The van der Waals surface area contributed by atoms with Crippen LogP contribution in [-0.2, 0) is 7.05 Å². The van der Waals surface area contributed by atoms with Crippen LogP contribution in [0.15, 0.2) is 24.4 Å². The van der Waals surface area contributed by atoms with Crippen LogP contribution in [0.1, 0.15) is 13.8 Å². The lowest BCUT2D eigenvalue weighted by Gasteiger charge is -1.88. The molecule has 0 aliphatic heterocycles. The number of nitrogen functional groups attached to an aromatic ring is 1. The number of rotatable bonds is 0. The number of fused-ring (bicyclic) bond motifs is 1. The van der Waals surface area contributed by atoms with Crippen molar-refractivity contribution < 1.29 is 0 Å². The van der Waals surface area contributed by atoms with Gasteiger partial charge in [-0.2, -0.15) is 5.10 Å². The third-order valence-electron chi connectivity index (χ3n) is 1.64. The average molecular weight is 177 g/mol. The van der Waals surface area contributed by atoms with Crippen LogP contribution < -0.4 is 5.73 Å². The van der Waals surface area contributed by atoms with Gasteiger partial charge in [0, 0.05) is 24.3 Å². The molecule has 1 heterocycles. The number of nitrogens with two attached hydrogens (primary N) is 1. The highest BCUT2D eigenvalue weighted by atomic mass is 15.2. The zero-order chi connectivity index (χ0) is 9.84. The molecule has 1 aromatic heterocycles. The Balaban J connectivity index is 0.000000396. The van der Waals surface area contributed by atoms with Gasteiger partial charge in [0.25, 0.3) is 0 Å². The minimum atomic E-state index is 0.783. The van der Waals surface area contributed by atoms with Crippen molar-refractivity contribution in [2.75, 3.05) is 5.73 Å². The first kappa shape index (κ1) is 9.58. The van der Waals surface area contributed by atoms with Crippen molar-refractivity contribution in [2.24, 2.45) is 7.05 Å². The van der Waals surface area contributed by atoms with Crippen LogP contribution in [0, 0.1) is 0 Å². The first-order valence-corrected chi connectivity index (χ1v) is 4.44. The molecule has 0 saturated heterocycles. The summed E-state index contributed by atoms with van der Waals surface area (Å²) >= 11 is 0. The van der Waals surface area contributed by atoms with E-state index in [-0.39, 0.29) is 0 Å². The fraction of sp³-hybridized carbons (Fsp3) is 0.300. The summed E-state index contributed by atoms with van der Waals surface area (Å²) in [5.41, 5.74) is 7.37. The maximum Gasteiger partial charge on any atom is 0.0924 e. The standard InChI is InChI=1S/C8H9N3.C2H6/c1-11-5-6-4-7(9)2-3-8(6)10-11;1-2/h2-5H,9H2,1H3;1-2H3. The molecule has 0 radical (unpaired) electrons. The minimum absolute atomic E-state index is 0.783. The molecule has 0 spiro atoms. The number of anilines is 1. The molecule has 0 aliphatic carbocycles. The maximum absolute atomic E-state index is 5.60. The lowest BCUT2D eigenvalue weighted by molar-refractivity contribution is 0.780. The monoisotopic (exact) mass is 177 g/mol. The van der Waals surface area contributed by atoms with E-state index >= 15 is 0 Å². The fourth-order valence-electron chi connectivity index (χ4n) is 1.17. The van der Waals surface area contributed by atoms with E-state index in [9.17, 15) is 0 Å². The lowest BCUT2D eigenvalue weighted by atomic mass is 10.2. The van der Waals surface area contributed by atoms with Gasteiger partial charge < -0.3 is 5.73 Å². The Kier molecular flexibility index (Phi) is 2.90. The molecular formula is C10H15N3. The molecule has 0 fully saturated rings. The average Bonchev–Trinajstić information content (AvgIpc) is 2.48. The summed E-state index contributed by atoms with van der Waals surface area (Å²) in [6.07, 6.45) is 1.95. The van der Waals surface area contributed by atoms with Crippen LogP contribution in [-0.4, -0.2) is 9.78 Å². The third-order valence-corrected chi connectivity index (χ3v) is 1.64. The molecule has 3 nitrogen and oxygen atoms in total. The summed E-state index contributed by atoms with van der Waals surface area (Å²) in [5, 5.41) is 5.31. The molecule has 0 atom stereocenters. The molecule has 1 aromatic carbocycles. The predicted molar refractivity (Wildman–Crippen MR) is 56.5 cm³/mol. The predicted octanol–water partition coefficient (Wildman–Crippen LogP) is 2.18. The van der Waals surface area contributed by atoms with E-state index in [1.165, 1.54) is 0 Å². The van der Waals surface area contributed by atoms with Gasteiger partial charge in [-0.3, -0.25) is 4.68 Å². The molecule has 13 heavy (non-hydrogen) atoms. The number of hydrogen-bond acceptors (Lipinski definition) is 2. The number of nitrogens with zero attached hydrogens (tertiary/aromatic N) is 2. The van der Waals surface area contributed by atoms with Crippen molar-refractivity contribution in [2.45, 2.75) is 13.8 Å². The molecule has 0 bridgehead atoms. The Morgan fingerprint density at radius 2 is 2.00 bits per heavy atom. The Labute approximate surface area is 78.2 Å². The van der Waals surface area contributed by atoms with E-state index in [0.717, 1.165) is 16.6 Å². The molecule has 0 saturated carbocycles. The first-order valence-electron chi connectivity index (χ1n) is 4.44. The minimum Gasteiger partial charge on any atom is -0.399 e. The fourth-order valence-corrected chi connectivity index (χ4v) is 1.17. The van der Waals surface area contributed by atoms with Gasteiger partial charge in [0.05, 0.1) is 5.52 Å². The van der Waals surface area contributed by atoms with Gasteiger partial charge in [0.1, 0.15) is 0 Å². The van der Waals surface area contributed by atoms with E-state index in [1.54, 1.807) is 4.68 Å². The van der Waals surface area contributed by atoms with Gasteiger partial charge in [0.2, 0.25) is 0 Å². The highest BCUT2D eigenvalue weighted by Gasteiger charge is 1.96. The quantitative estimate of drug-likeness (QED) is 0.627. The topological polar surface area (TPSA) is 43.8 Å². The highest BCUT2D eigenvalue weighted by Crippen LogP contribution is 2.14. The number of hydrogen-bond donors (Lipinski definition) is 1. The Morgan fingerprint density at radius 3 is 2.69 bits per heavy atom.